The number of anilines is 1. The lowest BCUT2D eigenvalue weighted by Gasteiger charge is -2.32. The normalized spacial score (nSPS) is 15.4. The lowest BCUT2D eigenvalue weighted by atomic mass is 10.0. The van der Waals surface area contributed by atoms with Crippen molar-refractivity contribution in [1.29, 1.82) is 0 Å². The maximum Gasteiger partial charge on any atom is 0.223 e. The fourth-order valence-electron chi connectivity index (χ4n) is 3.48. The van der Waals surface area contributed by atoms with Crippen molar-refractivity contribution < 1.29 is 9.18 Å². The van der Waals surface area contributed by atoms with E-state index in [2.05, 4.69) is 25.5 Å². The third-order valence-corrected chi connectivity index (χ3v) is 4.89. The summed E-state index contributed by atoms with van der Waals surface area (Å²) < 4.78 is 13.0. The van der Waals surface area contributed by atoms with Crippen LogP contribution in [0.15, 0.2) is 30.3 Å². The van der Waals surface area contributed by atoms with E-state index < -0.39 is 0 Å². The topological polar surface area (TPSA) is 70.2 Å². The maximum absolute atomic E-state index is 13.0. The highest BCUT2D eigenvalue weighted by Gasteiger charge is 2.20. The van der Waals surface area contributed by atoms with Gasteiger partial charge >= 0.3 is 0 Å². The van der Waals surface area contributed by atoms with Gasteiger partial charge in [-0.05, 0) is 50.5 Å². The highest BCUT2D eigenvalue weighted by atomic mass is 19.1. The van der Waals surface area contributed by atoms with E-state index in [1.807, 2.05) is 32.0 Å². The van der Waals surface area contributed by atoms with Gasteiger partial charge in [0.2, 0.25) is 11.9 Å². The van der Waals surface area contributed by atoms with Crippen molar-refractivity contribution in [3.63, 3.8) is 0 Å². The number of benzene rings is 1. The van der Waals surface area contributed by atoms with Crippen molar-refractivity contribution in [3.8, 4) is 0 Å². The van der Waals surface area contributed by atoms with Gasteiger partial charge in [0.15, 0.2) is 0 Å². The first-order valence-corrected chi connectivity index (χ1v) is 9.80. The van der Waals surface area contributed by atoms with E-state index in [4.69, 9.17) is 0 Å². The molecular formula is C21H28FN5O. The Balaban J connectivity index is 1.34. The van der Waals surface area contributed by atoms with E-state index in [1.54, 1.807) is 0 Å². The Kier molecular flexibility index (Phi) is 6.92. The van der Waals surface area contributed by atoms with Gasteiger partial charge in [-0.25, -0.2) is 14.4 Å². The Morgan fingerprint density at radius 1 is 1.14 bits per heavy atom. The Bertz CT molecular complexity index is 768. The van der Waals surface area contributed by atoms with Gasteiger partial charge in [0.25, 0.3) is 0 Å². The molecule has 0 bridgehead atoms. The zero-order chi connectivity index (χ0) is 19.9. The zero-order valence-electron chi connectivity index (χ0n) is 16.5. The molecule has 0 atom stereocenters. The molecule has 0 spiro atoms. The molecule has 0 radical (unpaired) electrons. The fraction of sp³-hybridized carbons (Fsp3) is 0.476. The number of nitrogens with one attached hydrogen (secondary N) is 2. The number of carbonyl (C=O) groups excluding carboxylic acids is 1. The average Bonchev–Trinajstić information content (AvgIpc) is 2.64. The maximum atomic E-state index is 13.0. The van der Waals surface area contributed by atoms with Gasteiger partial charge in [0.1, 0.15) is 5.82 Å². The molecule has 28 heavy (non-hydrogen) atoms. The number of nitrogens with zero attached hydrogens (tertiary/aromatic N) is 3. The Labute approximate surface area is 165 Å². The summed E-state index contributed by atoms with van der Waals surface area (Å²) in [6, 6.07) is 8.79. The molecule has 7 heteroatoms. The van der Waals surface area contributed by atoms with Gasteiger partial charge < -0.3 is 10.6 Å². The summed E-state index contributed by atoms with van der Waals surface area (Å²) in [5.41, 5.74) is 2.93. The molecule has 1 fully saturated rings. The minimum Gasteiger partial charge on any atom is -0.354 e. The SMILES string of the molecule is Cc1cc(C)nc(NCCC(=O)NC2CCN(Cc3ccc(F)cc3)CC2)n1. The second-order valence-corrected chi connectivity index (χ2v) is 7.40. The first kappa shape index (κ1) is 20.2. The van der Waals surface area contributed by atoms with Crippen LogP contribution in [-0.4, -0.2) is 46.5 Å². The highest BCUT2D eigenvalue weighted by molar-refractivity contribution is 5.76. The zero-order valence-corrected chi connectivity index (χ0v) is 16.5. The van der Waals surface area contributed by atoms with Crippen molar-refractivity contribution in [1.82, 2.24) is 20.2 Å². The smallest absolute Gasteiger partial charge is 0.223 e. The van der Waals surface area contributed by atoms with Crippen LogP contribution in [0.3, 0.4) is 0 Å². The molecule has 1 aromatic heterocycles. The predicted molar refractivity (Wildman–Crippen MR) is 107 cm³/mol. The fourth-order valence-corrected chi connectivity index (χ4v) is 3.48. The van der Waals surface area contributed by atoms with E-state index in [9.17, 15) is 9.18 Å². The Hall–Kier alpha value is -2.54. The van der Waals surface area contributed by atoms with Crippen molar-refractivity contribution in [3.05, 3.63) is 53.1 Å². The monoisotopic (exact) mass is 385 g/mol. The van der Waals surface area contributed by atoms with Gasteiger partial charge in [0.05, 0.1) is 0 Å². The first-order valence-electron chi connectivity index (χ1n) is 9.80. The van der Waals surface area contributed by atoms with Gasteiger partial charge in [0, 0.05) is 50.0 Å². The third kappa shape index (κ3) is 6.27. The second kappa shape index (κ2) is 9.59. The molecule has 3 rings (SSSR count). The van der Waals surface area contributed by atoms with Crippen LogP contribution in [0.4, 0.5) is 10.3 Å². The number of likely N-dealkylation sites (tertiary alicyclic amines) is 1. The molecule has 2 aromatic rings. The molecule has 150 valence electrons. The molecule has 1 saturated heterocycles. The summed E-state index contributed by atoms with van der Waals surface area (Å²) in [6.07, 6.45) is 2.26. The summed E-state index contributed by atoms with van der Waals surface area (Å²) in [6.45, 7) is 7.04. The van der Waals surface area contributed by atoms with Gasteiger partial charge in [-0.1, -0.05) is 12.1 Å². The van der Waals surface area contributed by atoms with Crippen molar-refractivity contribution in [2.24, 2.45) is 0 Å². The number of aryl methyl sites for hydroxylation is 2. The molecule has 2 heterocycles. The predicted octanol–water partition coefficient (Wildman–Crippen LogP) is 2.82. The van der Waals surface area contributed by atoms with Gasteiger partial charge in [-0.2, -0.15) is 0 Å². The minimum absolute atomic E-state index is 0.0499. The quantitative estimate of drug-likeness (QED) is 0.767. The molecule has 0 aliphatic carbocycles. The van der Waals surface area contributed by atoms with Gasteiger partial charge in [-0.3, -0.25) is 9.69 Å². The number of aromatic nitrogens is 2. The van der Waals surface area contributed by atoms with Crippen LogP contribution in [0.2, 0.25) is 0 Å². The van der Waals surface area contributed by atoms with E-state index in [0.29, 0.717) is 18.9 Å². The molecular weight excluding hydrogens is 357 g/mol. The lowest BCUT2D eigenvalue weighted by Crippen LogP contribution is -2.44. The number of piperidine rings is 1. The van der Waals surface area contributed by atoms with E-state index in [1.165, 1.54) is 12.1 Å². The third-order valence-electron chi connectivity index (χ3n) is 4.89. The minimum atomic E-state index is -0.205. The van der Waals surface area contributed by atoms with Crippen molar-refractivity contribution in [2.75, 3.05) is 25.0 Å². The Morgan fingerprint density at radius 2 is 1.79 bits per heavy atom. The second-order valence-electron chi connectivity index (χ2n) is 7.40. The summed E-state index contributed by atoms with van der Waals surface area (Å²) in [7, 11) is 0. The molecule has 6 nitrogen and oxygen atoms in total. The summed E-state index contributed by atoms with van der Waals surface area (Å²) >= 11 is 0. The molecule has 1 aromatic carbocycles. The summed E-state index contributed by atoms with van der Waals surface area (Å²) in [4.78, 5) is 23.2. The number of hydrogen-bond acceptors (Lipinski definition) is 5. The number of amides is 1. The molecule has 1 aliphatic rings. The van der Waals surface area contributed by atoms with Crippen LogP contribution >= 0.6 is 0 Å². The van der Waals surface area contributed by atoms with Gasteiger partial charge in [-0.15, -0.1) is 0 Å². The van der Waals surface area contributed by atoms with E-state index >= 15 is 0 Å². The largest absolute Gasteiger partial charge is 0.354 e. The van der Waals surface area contributed by atoms with E-state index in [-0.39, 0.29) is 17.8 Å². The van der Waals surface area contributed by atoms with Crippen LogP contribution in [0, 0.1) is 19.7 Å². The number of hydrogen-bond donors (Lipinski definition) is 2. The highest BCUT2D eigenvalue weighted by Crippen LogP contribution is 2.14. The van der Waals surface area contributed by atoms with Crippen LogP contribution in [0.5, 0.6) is 0 Å². The van der Waals surface area contributed by atoms with Crippen LogP contribution in [-0.2, 0) is 11.3 Å². The van der Waals surface area contributed by atoms with Crippen molar-refractivity contribution >= 4 is 11.9 Å². The summed E-state index contributed by atoms with van der Waals surface area (Å²) in [5, 5.41) is 6.24. The molecule has 0 saturated carbocycles. The molecule has 2 N–H and O–H groups in total. The molecule has 0 unspecified atom stereocenters. The lowest BCUT2D eigenvalue weighted by molar-refractivity contribution is -0.121. The number of halogens is 1. The van der Waals surface area contributed by atoms with Crippen LogP contribution < -0.4 is 10.6 Å². The van der Waals surface area contributed by atoms with Crippen LogP contribution in [0.25, 0.3) is 0 Å². The molecule has 1 amide bonds. The van der Waals surface area contributed by atoms with Crippen LogP contribution in [0.1, 0.15) is 36.2 Å². The average molecular weight is 385 g/mol. The Morgan fingerprint density at radius 3 is 2.43 bits per heavy atom. The van der Waals surface area contributed by atoms with Crippen molar-refractivity contribution in [2.45, 2.75) is 45.7 Å². The molecule has 1 aliphatic heterocycles. The standard InChI is InChI=1S/C21H28FN5O/c1-15-13-16(2)25-21(24-15)23-10-7-20(28)26-19-8-11-27(12-9-19)14-17-3-5-18(22)6-4-17/h3-6,13,19H,7-12,14H2,1-2H3,(H,26,28)(H,23,24,25). The summed E-state index contributed by atoms with van der Waals surface area (Å²) in [5.74, 6) is 0.414. The first-order chi connectivity index (χ1) is 13.5. The van der Waals surface area contributed by atoms with E-state index in [0.717, 1.165) is 49.4 Å². The number of rotatable bonds is 7. The number of carbonyl (C=O) groups is 1.